The fourth-order valence-electron chi connectivity index (χ4n) is 2.86. The molecule has 0 heterocycles. The quantitative estimate of drug-likeness (QED) is 0.439. The molecule has 0 unspecified atom stereocenters. The highest BCUT2D eigenvalue weighted by Crippen LogP contribution is 2.43. The first-order valence-electron chi connectivity index (χ1n) is 7.71. The summed E-state index contributed by atoms with van der Waals surface area (Å²) in [7, 11) is 0. The van der Waals surface area contributed by atoms with Gasteiger partial charge in [0.2, 0.25) is 0 Å². The molecule has 2 nitrogen and oxygen atoms in total. The molecule has 0 bridgehead atoms. The molecule has 0 fully saturated rings. The number of nitriles is 1. The lowest BCUT2D eigenvalue weighted by molar-refractivity contribution is 0.486. The average Bonchev–Trinajstić information content (AvgIpc) is 2.51. The van der Waals surface area contributed by atoms with Crippen molar-refractivity contribution >= 4 is 5.57 Å². The van der Waals surface area contributed by atoms with E-state index in [0.29, 0.717) is 0 Å². The molecular weight excluding hydrogens is 268 g/mol. The predicted molar refractivity (Wildman–Crippen MR) is 92.8 cm³/mol. The summed E-state index contributed by atoms with van der Waals surface area (Å²) in [5.74, 6) is 0. The molecule has 2 heteroatoms. The molecule has 0 aromatic heterocycles. The molecule has 0 saturated carbocycles. The van der Waals surface area contributed by atoms with E-state index >= 15 is 0 Å². The van der Waals surface area contributed by atoms with Gasteiger partial charge >= 0.3 is 0 Å². The van der Waals surface area contributed by atoms with Gasteiger partial charge in [-0.25, -0.2) is 10.1 Å². The summed E-state index contributed by atoms with van der Waals surface area (Å²) in [5.41, 5.74) is 5.67. The van der Waals surface area contributed by atoms with Crippen molar-refractivity contribution < 1.29 is 0 Å². The highest BCUT2D eigenvalue weighted by atomic mass is 14.7. The monoisotopic (exact) mass is 292 g/mol. The Labute approximate surface area is 134 Å². The lowest BCUT2D eigenvalue weighted by atomic mass is 9.72. The molecule has 1 aliphatic rings. The normalized spacial score (nSPS) is 15.8. The lowest BCUT2D eigenvalue weighted by Gasteiger charge is -2.32. The molecule has 0 aliphatic heterocycles. The van der Waals surface area contributed by atoms with Gasteiger partial charge in [0.1, 0.15) is 0 Å². The topological polar surface area (TPSA) is 28.1 Å². The summed E-state index contributed by atoms with van der Waals surface area (Å²) < 4.78 is 0. The van der Waals surface area contributed by atoms with Gasteiger partial charge in [-0.2, -0.15) is 0 Å². The first kappa shape index (κ1) is 17.7. The summed E-state index contributed by atoms with van der Waals surface area (Å²) in [6.45, 7) is 19.9. The van der Waals surface area contributed by atoms with Crippen molar-refractivity contribution in [3.8, 4) is 6.07 Å². The molecule has 0 spiro atoms. The molecule has 1 aliphatic carbocycles. The van der Waals surface area contributed by atoms with Crippen molar-refractivity contribution in [2.45, 2.75) is 48.0 Å². The number of hydrogen-bond acceptors (Lipinski definition) is 1. The first-order chi connectivity index (χ1) is 10.4. The van der Waals surface area contributed by atoms with Gasteiger partial charge in [0, 0.05) is 5.57 Å². The van der Waals surface area contributed by atoms with Gasteiger partial charge in [0.15, 0.2) is 0 Å². The van der Waals surface area contributed by atoms with E-state index in [0.717, 1.165) is 23.1 Å². The number of allylic oxidation sites excluding steroid dienone is 4. The molecule has 0 radical (unpaired) electrons. The standard InChI is InChI=1S/C18H18N2.C2H6/c1-12-15(18(2,3)4)10-13-8-6-7-9-14(13)17(12)16(11-19)20-5;1-2/h6-9H,10H2,1-4H3;1-2H3. The van der Waals surface area contributed by atoms with Gasteiger partial charge in [0.25, 0.3) is 5.70 Å². The number of fused-ring (bicyclic) bond motifs is 1. The van der Waals surface area contributed by atoms with Crippen molar-refractivity contribution in [1.82, 2.24) is 0 Å². The van der Waals surface area contributed by atoms with Crippen LogP contribution in [0.4, 0.5) is 0 Å². The van der Waals surface area contributed by atoms with Crippen molar-refractivity contribution in [2.24, 2.45) is 5.41 Å². The highest BCUT2D eigenvalue weighted by Gasteiger charge is 2.28. The van der Waals surface area contributed by atoms with Crippen LogP contribution in [0, 0.1) is 23.3 Å². The van der Waals surface area contributed by atoms with E-state index in [1.165, 1.54) is 11.1 Å². The summed E-state index contributed by atoms with van der Waals surface area (Å²) in [4.78, 5) is 3.43. The zero-order valence-electron chi connectivity index (χ0n) is 14.4. The van der Waals surface area contributed by atoms with Crippen LogP contribution in [-0.2, 0) is 6.42 Å². The van der Waals surface area contributed by atoms with Crippen molar-refractivity contribution in [3.63, 3.8) is 0 Å². The second-order valence-corrected chi connectivity index (χ2v) is 6.13. The van der Waals surface area contributed by atoms with Crippen LogP contribution in [-0.4, -0.2) is 0 Å². The third kappa shape index (κ3) is 3.29. The Kier molecular flexibility index (Phi) is 5.72. The molecule has 1 aromatic rings. The van der Waals surface area contributed by atoms with E-state index in [-0.39, 0.29) is 11.1 Å². The first-order valence-corrected chi connectivity index (χ1v) is 7.71. The Balaban J connectivity index is 0.00000116. The van der Waals surface area contributed by atoms with Gasteiger partial charge in [-0.15, -0.1) is 0 Å². The summed E-state index contributed by atoms with van der Waals surface area (Å²) in [5, 5.41) is 9.27. The van der Waals surface area contributed by atoms with Crippen molar-refractivity contribution in [3.05, 3.63) is 63.7 Å². The Morgan fingerprint density at radius 3 is 2.32 bits per heavy atom. The van der Waals surface area contributed by atoms with Crippen LogP contribution in [0.25, 0.3) is 10.4 Å². The molecule has 0 N–H and O–H groups in total. The maximum absolute atomic E-state index is 9.27. The third-order valence-electron chi connectivity index (χ3n) is 3.84. The van der Waals surface area contributed by atoms with E-state index in [1.807, 2.05) is 39.0 Å². The fraction of sp³-hybridized carbons (Fsp3) is 0.400. The number of benzene rings is 1. The molecule has 0 amide bonds. The van der Waals surface area contributed by atoms with Gasteiger partial charge in [-0.3, -0.25) is 0 Å². The Hall–Kier alpha value is -2.32. The fourth-order valence-corrected chi connectivity index (χ4v) is 2.86. The predicted octanol–water partition coefficient (Wildman–Crippen LogP) is 5.79. The number of hydrogen-bond donors (Lipinski definition) is 0. The Morgan fingerprint density at radius 1 is 1.23 bits per heavy atom. The largest absolute Gasteiger partial charge is 0.269 e. The van der Waals surface area contributed by atoms with E-state index in [9.17, 15) is 5.26 Å². The van der Waals surface area contributed by atoms with Gasteiger partial charge < -0.3 is 0 Å². The van der Waals surface area contributed by atoms with Gasteiger partial charge in [-0.05, 0) is 29.9 Å². The van der Waals surface area contributed by atoms with Gasteiger partial charge in [-0.1, -0.05) is 70.0 Å². The minimum Gasteiger partial charge on any atom is -0.226 e. The van der Waals surface area contributed by atoms with Gasteiger partial charge in [0.05, 0.1) is 12.6 Å². The summed E-state index contributed by atoms with van der Waals surface area (Å²) in [6, 6.07) is 10.1. The maximum Gasteiger partial charge on any atom is 0.269 e. The summed E-state index contributed by atoms with van der Waals surface area (Å²) in [6.07, 6.45) is 0.895. The number of nitrogens with zero attached hydrogens (tertiary/aromatic N) is 2. The number of rotatable bonds is 0. The summed E-state index contributed by atoms with van der Waals surface area (Å²) >= 11 is 0. The zero-order valence-corrected chi connectivity index (χ0v) is 14.4. The molecule has 0 saturated heterocycles. The molecule has 114 valence electrons. The van der Waals surface area contributed by atoms with E-state index in [2.05, 4.69) is 37.8 Å². The maximum atomic E-state index is 9.27. The van der Waals surface area contributed by atoms with Crippen LogP contribution < -0.4 is 0 Å². The van der Waals surface area contributed by atoms with Crippen LogP contribution >= 0.6 is 0 Å². The highest BCUT2D eigenvalue weighted by molar-refractivity contribution is 5.88. The second kappa shape index (κ2) is 7.10. The van der Waals surface area contributed by atoms with E-state index in [4.69, 9.17) is 6.57 Å². The van der Waals surface area contributed by atoms with Crippen LogP contribution in [0.1, 0.15) is 52.7 Å². The third-order valence-corrected chi connectivity index (χ3v) is 3.84. The van der Waals surface area contributed by atoms with Crippen LogP contribution in [0.3, 0.4) is 0 Å². The van der Waals surface area contributed by atoms with E-state index in [1.54, 1.807) is 0 Å². The smallest absolute Gasteiger partial charge is 0.226 e. The molecule has 22 heavy (non-hydrogen) atoms. The molecule has 2 rings (SSSR count). The van der Waals surface area contributed by atoms with Crippen LogP contribution in [0.5, 0.6) is 0 Å². The molecular formula is C20H24N2. The Bertz CT molecular complexity index is 682. The zero-order chi connectivity index (χ0) is 16.9. The lowest BCUT2D eigenvalue weighted by Crippen LogP contribution is -2.18. The minimum atomic E-state index is 0.0332. The van der Waals surface area contributed by atoms with Crippen molar-refractivity contribution in [2.75, 3.05) is 0 Å². The Morgan fingerprint density at radius 2 is 1.82 bits per heavy atom. The van der Waals surface area contributed by atoms with Crippen LogP contribution in [0.2, 0.25) is 0 Å². The second-order valence-electron chi connectivity index (χ2n) is 6.13. The SMILES string of the molecule is CC.[C-]#[N+]C(C#N)=C1C(C)=C(C(C)(C)C)Cc2ccccc21. The minimum absolute atomic E-state index is 0.0332. The van der Waals surface area contributed by atoms with Crippen molar-refractivity contribution in [1.29, 1.82) is 5.26 Å². The average molecular weight is 292 g/mol. The van der Waals surface area contributed by atoms with Crippen LogP contribution in [0.15, 0.2) is 41.1 Å². The molecule has 1 aromatic carbocycles. The van der Waals surface area contributed by atoms with E-state index < -0.39 is 0 Å². The molecule has 0 atom stereocenters.